The molecule has 1 aliphatic rings. The third-order valence-corrected chi connectivity index (χ3v) is 4.52. The van der Waals surface area contributed by atoms with Crippen LogP contribution in [0.25, 0.3) is 0 Å². The van der Waals surface area contributed by atoms with E-state index >= 15 is 0 Å². The van der Waals surface area contributed by atoms with Crippen LogP contribution in [0.2, 0.25) is 0 Å². The molecular formula is C20H34N4O2. The monoisotopic (exact) mass is 362 g/mol. The molecule has 2 rings (SSSR count). The van der Waals surface area contributed by atoms with Crippen LogP contribution in [0.1, 0.15) is 25.3 Å². The van der Waals surface area contributed by atoms with Gasteiger partial charge in [0.15, 0.2) is 5.96 Å². The normalized spacial score (nSPS) is 15.7. The van der Waals surface area contributed by atoms with Gasteiger partial charge >= 0.3 is 0 Å². The number of benzene rings is 1. The Hall–Kier alpha value is -1.79. The lowest BCUT2D eigenvalue weighted by Gasteiger charge is -2.26. The number of aliphatic imine (C=N–C) groups is 1. The molecule has 1 heterocycles. The molecule has 0 unspecified atom stereocenters. The van der Waals surface area contributed by atoms with E-state index in [0.29, 0.717) is 6.61 Å². The Morgan fingerprint density at radius 1 is 1.23 bits per heavy atom. The van der Waals surface area contributed by atoms with Crippen molar-refractivity contribution in [1.29, 1.82) is 0 Å². The minimum Gasteiger partial charge on any atom is -0.494 e. The molecule has 1 saturated heterocycles. The molecule has 1 fully saturated rings. The zero-order chi connectivity index (χ0) is 18.6. The molecule has 26 heavy (non-hydrogen) atoms. The summed E-state index contributed by atoms with van der Waals surface area (Å²) in [6.45, 7) is 9.51. The Kier molecular flexibility index (Phi) is 9.28. The van der Waals surface area contributed by atoms with Gasteiger partial charge in [-0.3, -0.25) is 9.89 Å². The van der Waals surface area contributed by atoms with E-state index in [0.717, 1.165) is 64.1 Å². The van der Waals surface area contributed by atoms with Gasteiger partial charge in [-0.1, -0.05) is 12.1 Å². The molecule has 0 saturated carbocycles. The molecule has 0 bridgehead atoms. The fourth-order valence-electron chi connectivity index (χ4n) is 3.08. The first-order valence-electron chi connectivity index (χ1n) is 9.66. The van der Waals surface area contributed by atoms with Gasteiger partial charge in [-0.15, -0.1) is 0 Å². The predicted molar refractivity (Wildman–Crippen MR) is 107 cm³/mol. The van der Waals surface area contributed by atoms with Gasteiger partial charge in [-0.2, -0.15) is 0 Å². The Balaban J connectivity index is 1.66. The Morgan fingerprint density at radius 3 is 2.62 bits per heavy atom. The van der Waals surface area contributed by atoms with E-state index in [1.165, 1.54) is 12.0 Å². The molecule has 0 aliphatic carbocycles. The molecule has 0 spiro atoms. The van der Waals surface area contributed by atoms with Crippen LogP contribution in [-0.4, -0.2) is 75.9 Å². The average molecular weight is 363 g/mol. The molecule has 0 amide bonds. The number of unbranched alkanes of at least 4 members (excludes halogenated alkanes) is 1. The second-order valence-corrected chi connectivity index (χ2v) is 6.57. The fourth-order valence-corrected chi connectivity index (χ4v) is 3.08. The second kappa shape index (κ2) is 11.8. The third kappa shape index (κ3) is 7.22. The molecule has 6 heteroatoms. The molecule has 0 aromatic heterocycles. The lowest BCUT2D eigenvalue weighted by molar-refractivity contribution is 0.0372. The minimum absolute atomic E-state index is 0.696. The van der Waals surface area contributed by atoms with Crippen molar-refractivity contribution in [3.8, 4) is 5.75 Å². The third-order valence-electron chi connectivity index (χ3n) is 4.52. The van der Waals surface area contributed by atoms with Gasteiger partial charge < -0.3 is 19.7 Å². The fraction of sp³-hybridized carbons (Fsp3) is 0.650. The zero-order valence-electron chi connectivity index (χ0n) is 16.5. The van der Waals surface area contributed by atoms with Gasteiger partial charge in [0.1, 0.15) is 5.75 Å². The molecule has 1 N–H and O–H groups in total. The summed E-state index contributed by atoms with van der Waals surface area (Å²) in [4.78, 5) is 9.03. The van der Waals surface area contributed by atoms with Gasteiger partial charge in [0.05, 0.1) is 19.8 Å². The molecule has 0 atom stereocenters. The number of rotatable bonds is 9. The Bertz CT molecular complexity index is 527. The van der Waals surface area contributed by atoms with E-state index < -0.39 is 0 Å². The summed E-state index contributed by atoms with van der Waals surface area (Å²) in [6.07, 6.45) is 2.35. The highest BCUT2D eigenvalue weighted by molar-refractivity contribution is 5.79. The van der Waals surface area contributed by atoms with Crippen LogP contribution in [0.4, 0.5) is 0 Å². The SMILES string of the molecule is CCOc1ccc(CN(C)C(=NC)NCCCCN2CCOCC2)cc1. The van der Waals surface area contributed by atoms with Crippen LogP contribution in [0.3, 0.4) is 0 Å². The number of hydrogen-bond donors (Lipinski definition) is 1. The van der Waals surface area contributed by atoms with Crippen molar-refractivity contribution in [2.45, 2.75) is 26.3 Å². The van der Waals surface area contributed by atoms with Gasteiger partial charge in [0.25, 0.3) is 0 Å². The van der Waals surface area contributed by atoms with Gasteiger partial charge in [0, 0.05) is 40.3 Å². The summed E-state index contributed by atoms with van der Waals surface area (Å²) < 4.78 is 10.9. The van der Waals surface area contributed by atoms with E-state index in [9.17, 15) is 0 Å². The number of nitrogens with zero attached hydrogens (tertiary/aromatic N) is 3. The molecular weight excluding hydrogens is 328 g/mol. The van der Waals surface area contributed by atoms with Crippen molar-refractivity contribution in [1.82, 2.24) is 15.1 Å². The van der Waals surface area contributed by atoms with Crippen LogP contribution in [0.15, 0.2) is 29.3 Å². The first-order valence-corrected chi connectivity index (χ1v) is 9.66. The topological polar surface area (TPSA) is 49.3 Å². The maximum Gasteiger partial charge on any atom is 0.193 e. The lowest BCUT2D eigenvalue weighted by Crippen LogP contribution is -2.39. The molecule has 146 valence electrons. The van der Waals surface area contributed by atoms with Crippen molar-refractivity contribution < 1.29 is 9.47 Å². The van der Waals surface area contributed by atoms with Crippen molar-refractivity contribution in [2.24, 2.45) is 4.99 Å². The highest BCUT2D eigenvalue weighted by Crippen LogP contribution is 2.13. The van der Waals surface area contributed by atoms with Gasteiger partial charge in [-0.25, -0.2) is 0 Å². The molecule has 1 aromatic rings. The van der Waals surface area contributed by atoms with Crippen LogP contribution >= 0.6 is 0 Å². The van der Waals surface area contributed by atoms with Crippen LogP contribution < -0.4 is 10.1 Å². The number of ether oxygens (including phenoxy) is 2. The van der Waals surface area contributed by atoms with Crippen molar-refractivity contribution in [2.75, 3.05) is 60.1 Å². The Morgan fingerprint density at radius 2 is 1.96 bits per heavy atom. The summed E-state index contributed by atoms with van der Waals surface area (Å²) in [6, 6.07) is 8.26. The summed E-state index contributed by atoms with van der Waals surface area (Å²) in [7, 11) is 3.91. The summed E-state index contributed by atoms with van der Waals surface area (Å²) in [5, 5.41) is 3.47. The van der Waals surface area contributed by atoms with Crippen molar-refractivity contribution in [3.05, 3.63) is 29.8 Å². The maximum absolute atomic E-state index is 5.49. The average Bonchev–Trinajstić information content (AvgIpc) is 2.67. The van der Waals surface area contributed by atoms with E-state index in [2.05, 4.69) is 39.3 Å². The van der Waals surface area contributed by atoms with Crippen LogP contribution in [0.5, 0.6) is 5.75 Å². The number of morpholine rings is 1. The van der Waals surface area contributed by atoms with E-state index in [4.69, 9.17) is 9.47 Å². The van der Waals surface area contributed by atoms with Crippen molar-refractivity contribution in [3.63, 3.8) is 0 Å². The minimum atomic E-state index is 0.696. The predicted octanol–water partition coefficient (Wildman–Crippen LogP) is 2.20. The largest absolute Gasteiger partial charge is 0.494 e. The second-order valence-electron chi connectivity index (χ2n) is 6.57. The summed E-state index contributed by atoms with van der Waals surface area (Å²) in [5.74, 6) is 1.85. The number of nitrogens with one attached hydrogen (secondary N) is 1. The van der Waals surface area contributed by atoms with Crippen molar-refractivity contribution >= 4 is 5.96 Å². The smallest absolute Gasteiger partial charge is 0.193 e. The quantitative estimate of drug-likeness (QED) is 0.415. The maximum atomic E-state index is 5.49. The number of hydrogen-bond acceptors (Lipinski definition) is 4. The van der Waals surface area contributed by atoms with E-state index in [-0.39, 0.29) is 0 Å². The van der Waals surface area contributed by atoms with Gasteiger partial charge in [0.2, 0.25) is 0 Å². The lowest BCUT2D eigenvalue weighted by atomic mass is 10.2. The van der Waals surface area contributed by atoms with Gasteiger partial charge in [-0.05, 0) is 44.0 Å². The highest BCUT2D eigenvalue weighted by atomic mass is 16.5. The van der Waals surface area contributed by atoms with E-state index in [1.807, 2.05) is 26.1 Å². The standard InChI is InChI=1S/C20H34N4O2/c1-4-26-19-9-7-18(8-10-19)17-23(3)20(21-2)22-11-5-6-12-24-13-15-25-16-14-24/h7-10H,4-6,11-17H2,1-3H3,(H,21,22). The first kappa shape index (κ1) is 20.5. The molecule has 6 nitrogen and oxygen atoms in total. The molecule has 1 aliphatic heterocycles. The first-order chi connectivity index (χ1) is 12.7. The number of guanidine groups is 1. The summed E-state index contributed by atoms with van der Waals surface area (Å²) >= 11 is 0. The molecule has 1 aromatic carbocycles. The van der Waals surface area contributed by atoms with Crippen LogP contribution in [0, 0.1) is 0 Å². The Labute approximate surface area is 158 Å². The van der Waals surface area contributed by atoms with Crippen LogP contribution in [-0.2, 0) is 11.3 Å². The molecule has 0 radical (unpaired) electrons. The van der Waals surface area contributed by atoms with E-state index in [1.54, 1.807) is 0 Å². The highest BCUT2D eigenvalue weighted by Gasteiger charge is 2.10. The zero-order valence-corrected chi connectivity index (χ0v) is 16.5. The summed E-state index contributed by atoms with van der Waals surface area (Å²) in [5.41, 5.74) is 1.24.